The standard InChI is InChI=1S/C13H14BrN/c1-2-3-4-6-10-9-15-13-11(10)7-5-8-12(13)14/h5,7-8,10,15H,4,6,9H2,1H3. The molecule has 0 aliphatic carbocycles. The first-order chi connectivity index (χ1) is 7.33. The topological polar surface area (TPSA) is 12.0 Å². The number of nitrogens with one attached hydrogen (secondary N) is 1. The second kappa shape index (κ2) is 4.72. The molecule has 0 spiro atoms. The molecule has 1 nitrogen and oxygen atoms in total. The van der Waals surface area contributed by atoms with Crippen LogP contribution in [0.3, 0.4) is 0 Å². The van der Waals surface area contributed by atoms with Gasteiger partial charge in [-0.2, -0.15) is 0 Å². The van der Waals surface area contributed by atoms with Crippen LogP contribution >= 0.6 is 15.9 Å². The molecule has 0 saturated heterocycles. The van der Waals surface area contributed by atoms with Crippen LogP contribution in [0.25, 0.3) is 0 Å². The molecule has 0 saturated carbocycles. The molecule has 1 aliphatic heterocycles. The molecule has 2 rings (SSSR count). The highest BCUT2D eigenvalue weighted by Crippen LogP contribution is 2.38. The SMILES string of the molecule is CC#CCCC1CNc2c(Br)cccc21. The first-order valence-electron chi connectivity index (χ1n) is 5.25. The van der Waals surface area contributed by atoms with Crippen LogP contribution in [0.5, 0.6) is 0 Å². The van der Waals surface area contributed by atoms with Crippen molar-refractivity contribution < 1.29 is 0 Å². The van der Waals surface area contributed by atoms with E-state index in [4.69, 9.17) is 0 Å². The summed E-state index contributed by atoms with van der Waals surface area (Å²) < 4.78 is 1.17. The molecule has 1 N–H and O–H groups in total. The van der Waals surface area contributed by atoms with Crippen molar-refractivity contribution in [3.63, 3.8) is 0 Å². The summed E-state index contributed by atoms with van der Waals surface area (Å²) in [5, 5.41) is 3.45. The monoisotopic (exact) mass is 263 g/mol. The molecule has 1 unspecified atom stereocenters. The van der Waals surface area contributed by atoms with Crippen molar-refractivity contribution in [2.45, 2.75) is 25.7 Å². The smallest absolute Gasteiger partial charge is 0.0520 e. The number of para-hydroxylation sites is 1. The molecular formula is C13H14BrN. The van der Waals surface area contributed by atoms with Gasteiger partial charge in [0.2, 0.25) is 0 Å². The number of rotatable bonds is 2. The first kappa shape index (κ1) is 10.6. The number of halogens is 1. The van der Waals surface area contributed by atoms with E-state index >= 15 is 0 Å². The van der Waals surface area contributed by atoms with E-state index in [0.717, 1.165) is 19.4 Å². The highest BCUT2D eigenvalue weighted by atomic mass is 79.9. The fraction of sp³-hybridized carbons (Fsp3) is 0.385. The van der Waals surface area contributed by atoms with Crippen LogP contribution in [-0.4, -0.2) is 6.54 Å². The Morgan fingerprint density at radius 2 is 2.40 bits per heavy atom. The Morgan fingerprint density at radius 1 is 1.53 bits per heavy atom. The molecule has 15 heavy (non-hydrogen) atoms. The Labute approximate surface area is 99.4 Å². The maximum Gasteiger partial charge on any atom is 0.0520 e. The average molecular weight is 264 g/mol. The third-order valence-electron chi connectivity index (χ3n) is 2.81. The van der Waals surface area contributed by atoms with Crippen molar-refractivity contribution in [1.29, 1.82) is 0 Å². The van der Waals surface area contributed by atoms with E-state index in [0.29, 0.717) is 5.92 Å². The molecule has 0 aromatic heterocycles. The molecule has 1 heterocycles. The van der Waals surface area contributed by atoms with Crippen LogP contribution in [0.1, 0.15) is 31.2 Å². The molecule has 0 amide bonds. The number of hydrogen-bond acceptors (Lipinski definition) is 1. The van der Waals surface area contributed by atoms with E-state index in [1.807, 2.05) is 6.92 Å². The van der Waals surface area contributed by atoms with Crippen molar-refractivity contribution in [2.75, 3.05) is 11.9 Å². The van der Waals surface area contributed by atoms with E-state index in [2.05, 4.69) is 51.3 Å². The van der Waals surface area contributed by atoms with E-state index in [-0.39, 0.29) is 0 Å². The van der Waals surface area contributed by atoms with Gasteiger partial charge in [-0.3, -0.25) is 0 Å². The van der Waals surface area contributed by atoms with Gasteiger partial charge in [0.25, 0.3) is 0 Å². The molecule has 1 atom stereocenters. The van der Waals surface area contributed by atoms with Crippen molar-refractivity contribution >= 4 is 21.6 Å². The zero-order chi connectivity index (χ0) is 10.7. The van der Waals surface area contributed by atoms with Gasteiger partial charge in [-0.15, -0.1) is 11.8 Å². The summed E-state index contributed by atoms with van der Waals surface area (Å²) in [6, 6.07) is 6.40. The van der Waals surface area contributed by atoms with Gasteiger partial charge >= 0.3 is 0 Å². The normalized spacial score (nSPS) is 17.6. The minimum absolute atomic E-state index is 0.623. The third-order valence-corrected chi connectivity index (χ3v) is 3.47. The predicted octanol–water partition coefficient (Wildman–Crippen LogP) is 3.76. The summed E-state index contributed by atoms with van der Waals surface area (Å²) >= 11 is 3.57. The predicted molar refractivity (Wildman–Crippen MR) is 68.1 cm³/mol. The molecule has 0 bridgehead atoms. The second-order valence-electron chi connectivity index (χ2n) is 3.75. The van der Waals surface area contributed by atoms with Crippen LogP contribution in [0.4, 0.5) is 5.69 Å². The minimum atomic E-state index is 0.623. The Hall–Kier alpha value is -0.940. The largest absolute Gasteiger partial charge is 0.383 e. The number of anilines is 1. The summed E-state index contributed by atoms with van der Waals surface area (Å²) in [5.41, 5.74) is 2.70. The van der Waals surface area contributed by atoms with Gasteiger partial charge in [0.15, 0.2) is 0 Å². The average Bonchev–Trinajstić information content (AvgIpc) is 2.64. The van der Waals surface area contributed by atoms with Crippen LogP contribution in [0, 0.1) is 11.8 Å². The molecule has 0 radical (unpaired) electrons. The van der Waals surface area contributed by atoms with E-state index in [1.54, 1.807) is 0 Å². The van der Waals surface area contributed by atoms with E-state index < -0.39 is 0 Å². The van der Waals surface area contributed by atoms with Gasteiger partial charge < -0.3 is 5.32 Å². The first-order valence-corrected chi connectivity index (χ1v) is 6.04. The van der Waals surface area contributed by atoms with Gasteiger partial charge in [0.1, 0.15) is 0 Å². The lowest BCUT2D eigenvalue weighted by atomic mass is 9.96. The third kappa shape index (κ3) is 2.18. The lowest BCUT2D eigenvalue weighted by molar-refractivity contribution is 0.693. The number of hydrogen-bond donors (Lipinski definition) is 1. The Bertz CT molecular complexity index is 414. The number of benzene rings is 1. The van der Waals surface area contributed by atoms with Crippen molar-refractivity contribution in [3.8, 4) is 11.8 Å². The van der Waals surface area contributed by atoms with Gasteiger partial charge in [-0.25, -0.2) is 0 Å². The summed E-state index contributed by atoms with van der Waals surface area (Å²) in [4.78, 5) is 0. The zero-order valence-electron chi connectivity index (χ0n) is 8.81. The maximum absolute atomic E-state index is 3.57. The Morgan fingerprint density at radius 3 is 3.20 bits per heavy atom. The Kier molecular flexibility index (Phi) is 3.33. The lowest BCUT2D eigenvalue weighted by Gasteiger charge is -2.07. The zero-order valence-corrected chi connectivity index (χ0v) is 10.4. The molecule has 1 aromatic rings. The quantitative estimate of drug-likeness (QED) is 0.802. The second-order valence-corrected chi connectivity index (χ2v) is 4.60. The molecule has 1 aliphatic rings. The summed E-state index contributed by atoms with van der Waals surface area (Å²) in [5.74, 6) is 6.70. The lowest BCUT2D eigenvalue weighted by Crippen LogP contribution is -2.01. The highest BCUT2D eigenvalue weighted by molar-refractivity contribution is 9.10. The summed E-state index contributed by atoms with van der Waals surface area (Å²) in [7, 11) is 0. The van der Waals surface area contributed by atoms with Gasteiger partial charge in [0.05, 0.1) is 5.69 Å². The van der Waals surface area contributed by atoms with Crippen molar-refractivity contribution in [2.24, 2.45) is 0 Å². The van der Waals surface area contributed by atoms with E-state index in [9.17, 15) is 0 Å². The van der Waals surface area contributed by atoms with Crippen LogP contribution < -0.4 is 5.32 Å². The van der Waals surface area contributed by atoms with Crippen LogP contribution in [0.15, 0.2) is 22.7 Å². The fourth-order valence-corrected chi connectivity index (χ4v) is 2.55. The highest BCUT2D eigenvalue weighted by Gasteiger charge is 2.22. The molecule has 0 fully saturated rings. The molecule has 78 valence electrons. The van der Waals surface area contributed by atoms with Crippen molar-refractivity contribution in [3.05, 3.63) is 28.2 Å². The molecule has 2 heteroatoms. The van der Waals surface area contributed by atoms with Gasteiger partial charge in [0, 0.05) is 23.4 Å². The molecular weight excluding hydrogens is 250 g/mol. The molecule has 1 aromatic carbocycles. The Balaban J connectivity index is 2.13. The van der Waals surface area contributed by atoms with Gasteiger partial charge in [-0.1, -0.05) is 12.1 Å². The van der Waals surface area contributed by atoms with Crippen LogP contribution in [0.2, 0.25) is 0 Å². The van der Waals surface area contributed by atoms with Gasteiger partial charge in [-0.05, 0) is 40.9 Å². The number of fused-ring (bicyclic) bond motifs is 1. The maximum atomic E-state index is 3.57. The minimum Gasteiger partial charge on any atom is -0.383 e. The van der Waals surface area contributed by atoms with Crippen LogP contribution in [-0.2, 0) is 0 Å². The van der Waals surface area contributed by atoms with Crippen molar-refractivity contribution in [1.82, 2.24) is 0 Å². The van der Waals surface area contributed by atoms with E-state index in [1.165, 1.54) is 15.7 Å². The fourth-order valence-electron chi connectivity index (χ4n) is 2.03. The summed E-state index contributed by atoms with van der Waals surface area (Å²) in [6.45, 7) is 2.95. The summed E-state index contributed by atoms with van der Waals surface area (Å²) in [6.07, 6.45) is 2.14.